The molecule has 4 heterocycles. The summed E-state index contributed by atoms with van der Waals surface area (Å²) in [5.41, 5.74) is 9.96. The van der Waals surface area contributed by atoms with Gasteiger partial charge in [0.2, 0.25) is 5.91 Å². The lowest BCUT2D eigenvalue weighted by Gasteiger charge is -2.35. The highest BCUT2D eigenvalue weighted by atomic mass is 16.1. The van der Waals surface area contributed by atoms with E-state index in [9.17, 15) is 4.79 Å². The zero-order chi connectivity index (χ0) is 23.3. The highest BCUT2D eigenvalue weighted by molar-refractivity contribution is 5.89. The molecular weight excluding hydrogens is 414 g/mol. The van der Waals surface area contributed by atoms with Crippen LogP contribution in [0.2, 0.25) is 0 Å². The zero-order valence-corrected chi connectivity index (χ0v) is 19.9. The van der Waals surface area contributed by atoms with Gasteiger partial charge in [-0.15, -0.1) is 0 Å². The SMILES string of the molecule is CNC(=O)CNC1CC(c2ccc3[nH]c(-c4cn5ncnc5c(C)c4C)c(C(C)C)c3n2)C1. The van der Waals surface area contributed by atoms with Gasteiger partial charge in [-0.05, 0) is 55.9 Å². The van der Waals surface area contributed by atoms with Crippen molar-refractivity contribution in [3.8, 4) is 11.3 Å². The maximum Gasteiger partial charge on any atom is 0.233 e. The van der Waals surface area contributed by atoms with Crippen molar-refractivity contribution in [1.29, 1.82) is 0 Å². The maximum atomic E-state index is 11.5. The minimum Gasteiger partial charge on any atom is -0.358 e. The molecule has 1 aliphatic rings. The van der Waals surface area contributed by atoms with Crippen LogP contribution in [0.5, 0.6) is 0 Å². The second-order valence-corrected chi connectivity index (χ2v) is 9.44. The van der Waals surface area contributed by atoms with Crippen LogP contribution in [-0.4, -0.2) is 50.1 Å². The molecule has 172 valence electrons. The summed E-state index contributed by atoms with van der Waals surface area (Å²) in [6, 6.07) is 4.68. The number of hydrogen-bond acceptors (Lipinski definition) is 5. The first kappa shape index (κ1) is 21.6. The van der Waals surface area contributed by atoms with Crippen molar-refractivity contribution < 1.29 is 4.79 Å². The number of carbonyl (C=O) groups excluding carboxylic acids is 1. The summed E-state index contributed by atoms with van der Waals surface area (Å²) in [5.74, 6) is 0.755. The van der Waals surface area contributed by atoms with Crippen molar-refractivity contribution in [3.63, 3.8) is 0 Å². The number of rotatable bonds is 6. The largest absolute Gasteiger partial charge is 0.358 e. The van der Waals surface area contributed by atoms with Crippen LogP contribution >= 0.6 is 0 Å². The van der Waals surface area contributed by atoms with Gasteiger partial charge in [0.15, 0.2) is 5.65 Å². The number of nitrogens with one attached hydrogen (secondary N) is 3. The van der Waals surface area contributed by atoms with Gasteiger partial charge in [-0.1, -0.05) is 13.8 Å². The molecule has 0 radical (unpaired) electrons. The lowest BCUT2D eigenvalue weighted by Crippen LogP contribution is -2.44. The van der Waals surface area contributed by atoms with Gasteiger partial charge < -0.3 is 15.6 Å². The summed E-state index contributed by atoms with van der Waals surface area (Å²) in [6.07, 6.45) is 5.68. The third-order valence-electron chi connectivity index (χ3n) is 7.06. The molecule has 0 unspecified atom stereocenters. The summed E-state index contributed by atoms with van der Waals surface area (Å²) in [5, 5.41) is 10.4. The monoisotopic (exact) mass is 445 g/mol. The molecule has 0 atom stereocenters. The highest BCUT2D eigenvalue weighted by Gasteiger charge is 2.32. The first-order chi connectivity index (χ1) is 15.9. The molecule has 1 aliphatic carbocycles. The van der Waals surface area contributed by atoms with E-state index < -0.39 is 0 Å². The van der Waals surface area contributed by atoms with E-state index >= 15 is 0 Å². The van der Waals surface area contributed by atoms with Gasteiger partial charge in [-0.2, -0.15) is 5.10 Å². The molecule has 0 aromatic carbocycles. The number of carbonyl (C=O) groups is 1. The molecule has 8 nitrogen and oxygen atoms in total. The number of H-pyrrole nitrogens is 1. The lowest BCUT2D eigenvalue weighted by atomic mass is 9.78. The number of hydrogen-bond donors (Lipinski definition) is 3. The molecular formula is C25H31N7O. The number of likely N-dealkylation sites (N-methyl/N-ethyl adjacent to an activating group) is 1. The molecule has 5 rings (SSSR count). The third kappa shape index (κ3) is 3.68. The number of amides is 1. The van der Waals surface area contributed by atoms with E-state index in [0.29, 0.717) is 24.4 Å². The minimum atomic E-state index is 0.0223. The molecule has 1 saturated carbocycles. The van der Waals surface area contributed by atoms with Crippen molar-refractivity contribution in [2.75, 3.05) is 13.6 Å². The molecule has 33 heavy (non-hydrogen) atoms. The Morgan fingerprint density at radius 2 is 2.03 bits per heavy atom. The summed E-state index contributed by atoms with van der Waals surface area (Å²) in [4.78, 5) is 24.7. The molecule has 0 aliphatic heterocycles. The Morgan fingerprint density at radius 3 is 2.76 bits per heavy atom. The van der Waals surface area contributed by atoms with Crippen molar-refractivity contribution in [1.82, 2.24) is 35.2 Å². The van der Waals surface area contributed by atoms with Crippen LogP contribution < -0.4 is 10.6 Å². The first-order valence-electron chi connectivity index (χ1n) is 11.6. The Kier molecular flexibility index (Phi) is 5.40. The first-order valence-corrected chi connectivity index (χ1v) is 11.6. The minimum absolute atomic E-state index is 0.0223. The summed E-state index contributed by atoms with van der Waals surface area (Å²) in [6.45, 7) is 9.06. The number of aryl methyl sites for hydroxylation is 1. The Labute approximate surface area is 193 Å². The van der Waals surface area contributed by atoms with Gasteiger partial charge in [-0.25, -0.2) is 9.50 Å². The van der Waals surface area contributed by atoms with Crippen molar-refractivity contribution in [2.24, 2.45) is 0 Å². The molecule has 4 aromatic heterocycles. The fraction of sp³-hybridized carbons (Fsp3) is 0.440. The quantitative estimate of drug-likeness (QED) is 0.421. The fourth-order valence-corrected chi connectivity index (χ4v) is 4.91. The number of fused-ring (bicyclic) bond motifs is 2. The van der Waals surface area contributed by atoms with E-state index in [2.05, 4.69) is 71.7 Å². The van der Waals surface area contributed by atoms with Crippen LogP contribution in [-0.2, 0) is 4.79 Å². The predicted octanol–water partition coefficient (Wildman–Crippen LogP) is 3.59. The number of nitrogens with zero attached hydrogens (tertiary/aromatic N) is 4. The molecule has 3 N–H and O–H groups in total. The maximum absolute atomic E-state index is 11.5. The fourth-order valence-electron chi connectivity index (χ4n) is 4.91. The van der Waals surface area contributed by atoms with Gasteiger partial charge in [0.1, 0.15) is 6.33 Å². The summed E-state index contributed by atoms with van der Waals surface area (Å²) < 4.78 is 1.85. The standard InChI is InChI=1S/C25H31N7O/c1-13(2)22-23(18-11-32-25(28-12-29-32)15(4)14(18)3)31-20-7-6-19(30-24(20)22)16-8-17(9-16)27-10-21(33)26-5/h6-7,11-13,16-17,27,31H,8-10H2,1-5H3,(H,26,33). The second-order valence-electron chi connectivity index (χ2n) is 9.44. The van der Waals surface area contributed by atoms with Crippen LogP contribution in [0.4, 0.5) is 0 Å². The zero-order valence-electron chi connectivity index (χ0n) is 19.9. The van der Waals surface area contributed by atoms with Crippen LogP contribution in [0.25, 0.3) is 27.9 Å². The van der Waals surface area contributed by atoms with Crippen LogP contribution in [0, 0.1) is 13.8 Å². The highest BCUT2D eigenvalue weighted by Crippen LogP contribution is 2.40. The Morgan fingerprint density at radius 1 is 1.24 bits per heavy atom. The van der Waals surface area contributed by atoms with E-state index in [1.807, 2.05) is 4.52 Å². The van der Waals surface area contributed by atoms with E-state index in [4.69, 9.17) is 4.98 Å². The van der Waals surface area contributed by atoms with Gasteiger partial charge >= 0.3 is 0 Å². The lowest BCUT2D eigenvalue weighted by molar-refractivity contribution is -0.120. The van der Waals surface area contributed by atoms with Gasteiger partial charge in [0.25, 0.3) is 0 Å². The van der Waals surface area contributed by atoms with Gasteiger partial charge in [-0.3, -0.25) is 9.78 Å². The average molecular weight is 446 g/mol. The number of pyridine rings is 2. The molecule has 4 aromatic rings. The van der Waals surface area contributed by atoms with Crippen LogP contribution in [0.1, 0.15) is 60.9 Å². The molecule has 1 fully saturated rings. The number of aromatic amines is 1. The molecule has 0 spiro atoms. The Hall–Kier alpha value is -3.26. The summed E-state index contributed by atoms with van der Waals surface area (Å²) in [7, 11) is 1.66. The summed E-state index contributed by atoms with van der Waals surface area (Å²) >= 11 is 0. The molecule has 0 bridgehead atoms. The smallest absolute Gasteiger partial charge is 0.233 e. The second kappa shape index (κ2) is 8.26. The van der Waals surface area contributed by atoms with Crippen molar-refractivity contribution in [3.05, 3.63) is 47.0 Å². The van der Waals surface area contributed by atoms with Gasteiger partial charge in [0, 0.05) is 42.0 Å². The van der Waals surface area contributed by atoms with Crippen LogP contribution in [0.15, 0.2) is 24.7 Å². The predicted molar refractivity (Wildman–Crippen MR) is 129 cm³/mol. The Bertz CT molecular complexity index is 1340. The van der Waals surface area contributed by atoms with Crippen LogP contribution in [0.3, 0.4) is 0 Å². The van der Waals surface area contributed by atoms with E-state index in [0.717, 1.165) is 52.0 Å². The third-order valence-corrected chi connectivity index (χ3v) is 7.06. The topological polar surface area (TPSA) is 100 Å². The molecule has 0 saturated heterocycles. The number of aromatic nitrogens is 5. The molecule has 1 amide bonds. The van der Waals surface area contributed by atoms with E-state index in [1.54, 1.807) is 13.4 Å². The van der Waals surface area contributed by atoms with Crippen molar-refractivity contribution in [2.45, 2.75) is 58.4 Å². The van der Waals surface area contributed by atoms with Crippen molar-refractivity contribution >= 4 is 22.6 Å². The van der Waals surface area contributed by atoms with Gasteiger partial charge in [0.05, 0.1) is 23.3 Å². The average Bonchev–Trinajstić information content (AvgIpc) is 3.39. The normalized spacial score (nSPS) is 18.2. The Balaban J connectivity index is 1.50. The molecule has 8 heteroatoms. The van der Waals surface area contributed by atoms with E-state index in [-0.39, 0.29) is 5.91 Å². The van der Waals surface area contributed by atoms with E-state index in [1.165, 1.54) is 11.1 Å².